The van der Waals surface area contributed by atoms with Gasteiger partial charge in [0.15, 0.2) is 5.43 Å². The lowest BCUT2D eigenvalue weighted by atomic mass is 10.2. The lowest BCUT2D eigenvalue weighted by molar-refractivity contribution is 0.0984. The van der Waals surface area contributed by atoms with Crippen LogP contribution >= 0.6 is 0 Å². The van der Waals surface area contributed by atoms with Crippen LogP contribution in [0.4, 0.5) is 10.1 Å². The highest BCUT2D eigenvalue weighted by Crippen LogP contribution is 2.20. The number of nitrogens with two attached hydrogens (primary N) is 1. The Labute approximate surface area is 121 Å². The molecule has 6 heteroatoms. The van der Waals surface area contributed by atoms with Gasteiger partial charge in [-0.3, -0.25) is 9.59 Å². The molecule has 0 aliphatic rings. The smallest absolute Gasteiger partial charge is 0.263 e. The zero-order chi connectivity index (χ0) is 15.2. The third-order valence-corrected chi connectivity index (χ3v) is 3.03. The Morgan fingerprint density at radius 2 is 2.05 bits per heavy atom. The van der Waals surface area contributed by atoms with Crippen LogP contribution in [-0.2, 0) is 0 Å². The summed E-state index contributed by atoms with van der Waals surface area (Å²) < 4.78 is 13.9. The molecule has 0 bridgehead atoms. The van der Waals surface area contributed by atoms with Gasteiger partial charge in [-0.15, -0.1) is 0 Å². The van der Waals surface area contributed by atoms with Crippen molar-refractivity contribution in [3.05, 3.63) is 64.3 Å². The SMILES string of the molecule is NCCCN(C(=O)c1c[nH]ccc1=O)c1ccccc1F. The molecule has 0 unspecified atom stereocenters. The van der Waals surface area contributed by atoms with E-state index in [1.807, 2.05) is 0 Å². The number of rotatable bonds is 5. The highest BCUT2D eigenvalue weighted by Gasteiger charge is 2.21. The molecule has 2 aromatic rings. The van der Waals surface area contributed by atoms with Crippen molar-refractivity contribution in [3.63, 3.8) is 0 Å². The number of nitrogens with zero attached hydrogens (tertiary/aromatic N) is 1. The molecule has 0 atom stereocenters. The number of hydrogen-bond donors (Lipinski definition) is 2. The van der Waals surface area contributed by atoms with Crippen LogP contribution < -0.4 is 16.1 Å². The van der Waals surface area contributed by atoms with E-state index >= 15 is 0 Å². The molecule has 0 aliphatic carbocycles. The Hall–Kier alpha value is -2.47. The number of carbonyl (C=O) groups excluding carboxylic acids is 1. The van der Waals surface area contributed by atoms with Crippen molar-refractivity contribution in [3.8, 4) is 0 Å². The summed E-state index contributed by atoms with van der Waals surface area (Å²) in [7, 11) is 0. The van der Waals surface area contributed by atoms with Crippen LogP contribution in [-0.4, -0.2) is 24.0 Å². The molecule has 0 saturated carbocycles. The van der Waals surface area contributed by atoms with Crippen molar-refractivity contribution < 1.29 is 9.18 Å². The average molecular weight is 289 g/mol. The number of aromatic nitrogens is 1. The first-order chi connectivity index (χ1) is 10.1. The van der Waals surface area contributed by atoms with E-state index in [9.17, 15) is 14.0 Å². The van der Waals surface area contributed by atoms with E-state index in [4.69, 9.17) is 5.73 Å². The van der Waals surface area contributed by atoms with Gasteiger partial charge in [0.05, 0.1) is 5.69 Å². The second kappa shape index (κ2) is 6.81. The quantitative estimate of drug-likeness (QED) is 0.875. The van der Waals surface area contributed by atoms with E-state index in [2.05, 4.69) is 4.98 Å². The molecular weight excluding hydrogens is 273 g/mol. The van der Waals surface area contributed by atoms with E-state index in [-0.39, 0.29) is 17.8 Å². The summed E-state index contributed by atoms with van der Waals surface area (Å²) in [6.07, 6.45) is 3.26. The van der Waals surface area contributed by atoms with Crippen LogP contribution in [0.1, 0.15) is 16.8 Å². The van der Waals surface area contributed by atoms with Crippen LogP contribution in [0, 0.1) is 5.82 Å². The summed E-state index contributed by atoms with van der Waals surface area (Å²) in [5.74, 6) is -1.06. The van der Waals surface area contributed by atoms with Gasteiger partial charge in [-0.1, -0.05) is 12.1 Å². The van der Waals surface area contributed by atoms with Gasteiger partial charge in [0, 0.05) is 25.0 Å². The van der Waals surface area contributed by atoms with Crippen LogP contribution in [0.15, 0.2) is 47.5 Å². The number of amides is 1. The summed E-state index contributed by atoms with van der Waals surface area (Å²) in [4.78, 5) is 28.2. The number of carbonyl (C=O) groups is 1. The van der Waals surface area contributed by atoms with Gasteiger partial charge in [-0.25, -0.2) is 4.39 Å². The molecule has 3 N–H and O–H groups in total. The van der Waals surface area contributed by atoms with Crippen molar-refractivity contribution in [2.24, 2.45) is 5.73 Å². The van der Waals surface area contributed by atoms with Crippen LogP contribution in [0.25, 0.3) is 0 Å². The lowest BCUT2D eigenvalue weighted by Gasteiger charge is -2.22. The highest BCUT2D eigenvalue weighted by molar-refractivity contribution is 6.05. The average Bonchev–Trinajstić information content (AvgIpc) is 2.49. The third kappa shape index (κ3) is 3.35. The zero-order valence-corrected chi connectivity index (χ0v) is 11.4. The maximum absolute atomic E-state index is 13.9. The van der Waals surface area contributed by atoms with Gasteiger partial charge < -0.3 is 15.6 Å². The molecule has 1 aromatic heterocycles. The van der Waals surface area contributed by atoms with Crippen molar-refractivity contribution in [2.45, 2.75) is 6.42 Å². The standard InChI is InChI=1S/C15H16FN3O2/c16-12-4-1-2-5-13(12)19(9-3-7-17)15(21)11-10-18-8-6-14(11)20/h1-2,4-6,8,10H,3,7,9,17H2,(H,18,20). The van der Waals surface area contributed by atoms with Crippen LogP contribution in [0.2, 0.25) is 0 Å². The van der Waals surface area contributed by atoms with Crippen molar-refractivity contribution in [2.75, 3.05) is 18.0 Å². The van der Waals surface area contributed by atoms with E-state index in [0.717, 1.165) is 0 Å². The van der Waals surface area contributed by atoms with E-state index < -0.39 is 17.2 Å². The lowest BCUT2D eigenvalue weighted by Crippen LogP contribution is -2.36. The minimum absolute atomic E-state index is 0.0298. The fourth-order valence-electron chi connectivity index (χ4n) is 1.98. The molecular formula is C15H16FN3O2. The predicted octanol–water partition coefficient (Wildman–Crippen LogP) is 1.51. The number of nitrogens with one attached hydrogen (secondary N) is 1. The van der Waals surface area contributed by atoms with Gasteiger partial charge in [0.25, 0.3) is 5.91 Å². The second-order valence-corrected chi connectivity index (χ2v) is 4.47. The number of halogens is 1. The molecule has 0 aliphatic heterocycles. The number of benzene rings is 1. The van der Waals surface area contributed by atoms with Gasteiger partial charge in [0.2, 0.25) is 0 Å². The highest BCUT2D eigenvalue weighted by atomic mass is 19.1. The van der Waals surface area contributed by atoms with Crippen molar-refractivity contribution >= 4 is 11.6 Å². The van der Waals surface area contributed by atoms with E-state index in [1.165, 1.54) is 35.5 Å². The summed E-state index contributed by atoms with van der Waals surface area (Å²) >= 11 is 0. The first-order valence-corrected chi connectivity index (χ1v) is 6.58. The molecule has 110 valence electrons. The minimum atomic E-state index is -0.546. The van der Waals surface area contributed by atoms with Gasteiger partial charge in [-0.2, -0.15) is 0 Å². The molecule has 0 spiro atoms. The number of aromatic amines is 1. The predicted molar refractivity (Wildman–Crippen MR) is 78.8 cm³/mol. The Morgan fingerprint density at radius 3 is 2.71 bits per heavy atom. The fraction of sp³-hybridized carbons (Fsp3) is 0.200. The molecule has 2 rings (SSSR count). The summed E-state index contributed by atoms with van der Waals surface area (Å²) in [6.45, 7) is 0.605. The second-order valence-electron chi connectivity index (χ2n) is 4.47. The van der Waals surface area contributed by atoms with Crippen LogP contribution in [0.3, 0.4) is 0 Å². The van der Waals surface area contributed by atoms with Gasteiger partial charge in [-0.05, 0) is 25.1 Å². The fourth-order valence-corrected chi connectivity index (χ4v) is 1.98. The molecule has 0 radical (unpaired) electrons. The molecule has 0 saturated heterocycles. The molecule has 5 nitrogen and oxygen atoms in total. The Bertz CT molecular complexity index is 684. The Morgan fingerprint density at radius 1 is 1.29 bits per heavy atom. The number of anilines is 1. The Balaban J connectivity index is 2.41. The maximum Gasteiger partial charge on any atom is 0.263 e. The molecule has 21 heavy (non-hydrogen) atoms. The maximum atomic E-state index is 13.9. The molecule has 1 heterocycles. The van der Waals surface area contributed by atoms with E-state index in [1.54, 1.807) is 12.1 Å². The van der Waals surface area contributed by atoms with Crippen molar-refractivity contribution in [1.82, 2.24) is 4.98 Å². The summed E-state index contributed by atoms with van der Waals surface area (Å²) in [6, 6.07) is 7.21. The number of para-hydroxylation sites is 1. The van der Waals surface area contributed by atoms with Crippen molar-refractivity contribution in [1.29, 1.82) is 0 Å². The summed E-state index contributed by atoms with van der Waals surface area (Å²) in [5.41, 5.74) is 5.16. The molecule has 1 amide bonds. The Kier molecular flexibility index (Phi) is 4.84. The van der Waals surface area contributed by atoms with Gasteiger partial charge >= 0.3 is 0 Å². The monoisotopic (exact) mass is 289 g/mol. The minimum Gasteiger partial charge on any atom is -0.367 e. The largest absolute Gasteiger partial charge is 0.367 e. The zero-order valence-electron chi connectivity index (χ0n) is 11.4. The van der Waals surface area contributed by atoms with E-state index in [0.29, 0.717) is 13.0 Å². The molecule has 1 aromatic carbocycles. The number of pyridine rings is 1. The number of hydrogen-bond acceptors (Lipinski definition) is 3. The van der Waals surface area contributed by atoms with Crippen LogP contribution in [0.5, 0.6) is 0 Å². The molecule has 0 fully saturated rings. The number of H-pyrrole nitrogens is 1. The normalized spacial score (nSPS) is 10.4. The van der Waals surface area contributed by atoms with Gasteiger partial charge in [0.1, 0.15) is 11.4 Å². The third-order valence-electron chi connectivity index (χ3n) is 3.03. The topological polar surface area (TPSA) is 79.2 Å². The first-order valence-electron chi connectivity index (χ1n) is 6.58. The first kappa shape index (κ1) is 14.9. The summed E-state index contributed by atoms with van der Waals surface area (Å²) in [5, 5.41) is 0.